The lowest BCUT2D eigenvalue weighted by atomic mass is 9.98. The molecule has 1 amide bonds. The van der Waals surface area contributed by atoms with Gasteiger partial charge in [0.15, 0.2) is 5.76 Å². The Balaban J connectivity index is 1.68. The summed E-state index contributed by atoms with van der Waals surface area (Å²) in [6, 6.07) is 11.5. The highest BCUT2D eigenvalue weighted by Crippen LogP contribution is 2.29. The second kappa shape index (κ2) is 5.41. The number of likely N-dealkylation sites (tertiary alicyclic amines) is 1. The molecule has 0 N–H and O–H groups in total. The van der Waals surface area contributed by atoms with Gasteiger partial charge in [0, 0.05) is 19.0 Å². The van der Waals surface area contributed by atoms with Crippen LogP contribution in [0.2, 0.25) is 0 Å². The lowest BCUT2D eigenvalue weighted by molar-refractivity contribution is 0.0759. The molecular formula is C16H17NO3. The molecule has 0 bridgehead atoms. The van der Waals surface area contributed by atoms with Gasteiger partial charge in [0.05, 0.1) is 13.4 Å². The number of hydrogen-bond acceptors (Lipinski definition) is 3. The summed E-state index contributed by atoms with van der Waals surface area (Å²) in [4.78, 5) is 14.1. The van der Waals surface area contributed by atoms with Crippen LogP contribution >= 0.6 is 0 Å². The molecule has 0 unspecified atom stereocenters. The van der Waals surface area contributed by atoms with Crippen LogP contribution in [0.4, 0.5) is 0 Å². The Morgan fingerprint density at radius 2 is 2.10 bits per heavy atom. The number of rotatable bonds is 3. The van der Waals surface area contributed by atoms with Gasteiger partial charge in [-0.2, -0.15) is 0 Å². The van der Waals surface area contributed by atoms with Gasteiger partial charge < -0.3 is 14.1 Å². The Hall–Kier alpha value is -2.23. The fourth-order valence-electron chi connectivity index (χ4n) is 2.65. The van der Waals surface area contributed by atoms with Gasteiger partial charge in [-0.05, 0) is 36.2 Å². The van der Waals surface area contributed by atoms with Crippen LogP contribution in [0.1, 0.15) is 28.5 Å². The molecule has 1 aliphatic heterocycles. The third-order valence-electron chi connectivity index (χ3n) is 3.79. The van der Waals surface area contributed by atoms with E-state index in [4.69, 9.17) is 9.15 Å². The number of hydrogen-bond donors (Lipinski definition) is 0. The Bertz CT molecular complexity index is 574. The Kier molecular flexibility index (Phi) is 3.46. The molecule has 1 aromatic heterocycles. The first kappa shape index (κ1) is 12.8. The van der Waals surface area contributed by atoms with Crippen molar-refractivity contribution in [3.63, 3.8) is 0 Å². The van der Waals surface area contributed by atoms with E-state index >= 15 is 0 Å². The Morgan fingerprint density at radius 3 is 2.75 bits per heavy atom. The van der Waals surface area contributed by atoms with E-state index in [-0.39, 0.29) is 5.91 Å². The van der Waals surface area contributed by atoms with Crippen LogP contribution in [-0.4, -0.2) is 31.0 Å². The molecular weight excluding hydrogens is 254 g/mol. The number of ether oxygens (including phenoxy) is 1. The van der Waals surface area contributed by atoms with Gasteiger partial charge >= 0.3 is 0 Å². The van der Waals surface area contributed by atoms with Crippen molar-refractivity contribution in [2.75, 3.05) is 20.2 Å². The summed E-state index contributed by atoms with van der Waals surface area (Å²) in [6.07, 6.45) is 2.52. The van der Waals surface area contributed by atoms with E-state index < -0.39 is 0 Å². The van der Waals surface area contributed by atoms with Gasteiger partial charge in [0.1, 0.15) is 5.75 Å². The molecule has 1 atom stereocenters. The number of methoxy groups -OCH3 is 1. The van der Waals surface area contributed by atoms with Crippen LogP contribution in [0.5, 0.6) is 5.75 Å². The van der Waals surface area contributed by atoms with Crippen molar-refractivity contribution in [3.8, 4) is 5.75 Å². The molecule has 104 valence electrons. The third-order valence-corrected chi connectivity index (χ3v) is 3.79. The van der Waals surface area contributed by atoms with E-state index in [0.717, 1.165) is 25.3 Å². The van der Waals surface area contributed by atoms with Gasteiger partial charge in [0.2, 0.25) is 0 Å². The predicted molar refractivity (Wildman–Crippen MR) is 75.0 cm³/mol. The fraction of sp³-hybridized carbons (Fsp3) is 0.312. The van der Waals surface area contributed by atoms with Crippen molar-refractivity contribution in [2.24, 2.45) is 0 Å². The maximum Gasteiger partial charge on any atom is 0.289 e. The van der Waals surface area contributed by atoms with Crippen LogP contribution in [0, 0.1) is 0 Å². The van der Waals surface area contributed by atoms with E-state index in [0.29, 0.717) is 11.7 Å². The van der Waals surface area contributed by atoms with Gasteiger partial charge in [-0.3, -0.25) is 4.79 Å². The van der Waals surface area contributed by atoms with E-state index in [1.807, 2.05) is 17.0 Å². The van der Waals surface area contributed by atoms with E-state index in [1.54, 1.807) is 19.2 Å². The van der Waals surface area contributed by atoms with Crippen molar-refractivity contribution in [1.29, 1.82) is 0 Å². The molecule has 1 aliphatic rings. The summed E-state index contributed by atoms with van der Waals surface area (Å²) in [5.41, 5.74) is 1.25. The van der Waals surface area contributed by atoms with Crippen molar-refractivity contribution in [2.45, 2.75) is 12.3 Å². The Morgan fingerprint density at radius 1 is 1.30 bits per heavy atom. The minimum atomic E-state index is -0.0222. The molecule has 1 aromatic carbocycles. The minimum absolute atomic E-state index is 0.0222. The molecule has 2 heterocycles. The summed E-state index contributed by atoms with van der Waals surface area (Å²) in [6.45, 7) is 1.52. The van der Waals surface area contributed by atoms with Gasteiger partial charge in [0.25, 0.3) is 5.91 Å². The topological polar surface area (TPSA) is 42.7 Å². The van der Waals surface area contributed by atoms with Crippen LogP contribution in [0.15, 0.2) is 47.1 Å². The first-order valence-corrected chi connectivity index (χ1v) is 6.74. The largest absolute Gasteiger partial charge is 0.497 e. The standard InChI is InChI=1S/C16H17NO3/c1-19-14-6-4-12(5-7-14)13-8-9-17(11-13)16(18)15-3-2-10-20-15/h2-7,10,13H,8-9,11H2,1H3/t13-/m0/s1. The lowest BCUT2D eigenvalue weighted by Gasteiger charge is -2.15. The second-order valence-electron chi connectivity index (χ2n) is 4.99. The third kappa shape index (κ3) is 2.41. The smallest absolute Gasteiger partial charge is 0.289 e. The average Bonchev–Trinajstić information content (AvgIpc) is 3.18. The highest BCUT2D eigenvalue weighted by atomic mass is 16.5. The van der Waals surface area contributed by atoms with Gasteiger partial charge in [-0.25, -0.2) is 0 Å². The number of nitrogens with zero attached hydrogens (tertiary/aromatic N) is 1. The van der Waals surface area contributed by atoms with Crippen LogP contribution in [0.25, 0.3) is 0 Å². The molecule has 4 nitrogen and oxygen atoms in total. The summed E-state index contributed by atoms with van der Waals surface area (Å²) >= 11 is 0. The molecule has 1 saturated heterocycles. The van der Waals surface area contributed by atoms with E-state index in [9.17, 15) is 4.79 Å². The normalized spacial score (nSPS) is 18.2. The molecule has 0 saturated carbocycles. The van der Waals surface area contributed by atoms with Crippen molar-refractivity contribution in [1.82, 2.24) is 4.90 Å². The van der Waals surface area contributed by atoms with Gasteiger partial charge in [-0.1, -0.05) is 12.1 Å². The highest BCUT2D eigenvalue weighted by molar-refractivity contribution is 5.91. The second-order valence-corrected chi connectivity index (χ2v) is 4.99. The molecule has 0 spiro atoms. The number of carbonyl (C=O) groups is 1. The zero-order chi connectivity index (χ0) is 13.9. The van der Waals surface area contributed by atoms with Crippen molar-refractivity contribution < 1.29 is 13.9 Å². The molecule has 20 heavy (non-hydrogen) atoms. The van der Waals surface area contributed by atoms with Crippen LogP contribution in [-0.2, 0) is 0 Å². The van der Waals surface area contributed by atoms with E-state index in [2.05, 4.69) is 12.1 Å². The predicted octanol–water partition coefficient (Wildman–Crippen LogP) is 2.92. The average molecular weight is 271 g/mol. The monoisotopic (exact) mass is 271 g/mol. The molecule has 3 rings (SSSR count). The Labute approximate surface area is 118 Å². The van der Waals surface area contributed by atoms with Gasteiger partial charge in [-0.15, -0.1) is 0 Å². The summed E-state index contributed by atoms with van der Waals surface area (Å²) in [5, 5.41) is 0. The maximum absolute atomic E-state index is 12.2. The zero-order valence-corrected chi connectivity index (χ0v) is 11.4. The number of amides is 1. The SMILES string of the molecule is COc1ccc([C@H]2CCN(C(=O)c3ccco3)C2)cc1. The first-order valence-electron chi connectivity index (χ1n) is 6.74. The maximum atomic E-state index is 12.2. The molecule has 0 radical (unpaired) electrons. The first-order chi connectivity index (χ1) is 9.78. The quantitative estimate of drug-likeness (QED) is 0.862. The summed E-state index contributed by atoms with van der Waals surface area (Å²) in [7, 11) is 1.66. The number of benzene rings is 1. The summed E-state index contributed by atoms with van der Waals surface area (Å²) in [5.74, 6) is 1.64. The number of carbonyl (C=O) groups excluding carboxylic acids is 1. The lowest BCUT2D eigenvalue weighted by Crippen LogP contribution is -2.28. The molecule has 1 fully saturated rings. The van der Waals surface area contributed by atoms with Crippen molar-refractivity contribution >= 4 is 5.91 Å². The number of furan rings is 1. The molecule has 2 aromatic rings. The zero-order valence-electron chi connectivity index (χ0n) is 11.4. The van der Waals surface area contributed by atoms with Crippen molar-refractivity contribution in [3.05, 3.63) is 54.0 Å². The van der Waals surface area contributed by atoms with Crippen LogP contribution in [0.3, 0.4) is 0 Å². The molecule has 0 aliphatic carbocycles. The van der Waals surface area contributed by atoms with Crippen LogP contribution < -0.4 is 4.74 Å². The summed E-state index contributed by atoms with van der Waals surface area (Å²) < 4.78 is 10.3. The minimum Gasteiger partial charge on any atom is -0.497 e. The van der Waals surface area contributed by atoms with E-state index in [1.165, 1.54) is 11.8 Å². The fourth-order valence-corrected chi connectivity index (χ4v) is 2.65. The molecule has 4 heteroatoms. The highest BCUT2D eigenvalue weighted by Gasteiger charge is 2.28.